The number of phenols is 1. The summed E-state index contributed by atoms with van der Waals surface area (Å²) in [6.45, 7) is 2.63. The van der Waals surface area contributed by atoms with Gasteiger partial charge in [0.15, 0.2) is 0 Å². The van der Waals surface area contributed by atoms with E-state index in [0.29, 0.717) is 19.4 Å². The molecule has 1 rings (SSSR count). The summed E-state index contributed by atoms with van der Waals surface area (Å²) in [6, 6.07) is 7.11. The van der Waals surface area contributed by atoms with E-state index in [1.807, 2.05) is 31.2 Å². The standard InChI is InChI=1S/C14H19NO2/c1-2-3-6-11-15-14(17)10-9-12-7-4-5-8-13(12)16/h2-5,7-8,16H,6,9-11H2,1H3,(H,15,17)/b3-2+. The molecule has 0 bridgehead atoms. The van der Waals surface area contributed by atoms with Crippen LogP contribution in [0.4, 0.5) is 0 Å². The molecule has 0 aliphatic heterocycles. The first-order chi connectivity index (χ1) is 8.24. The Labute approximate surface area is 102 Å². The van der Waals surface area contributed by atoms with Gasteiger partial charge in [0.1, 0.15) is 5.75 Å². The number of hydrogen-bond donors (Lipinski definition) is 2. The van der Waals surface area contributed by atoms with Crippen molar-refractivity contribution in [1.82, 2.24) is 5.32 Å². The van der Waals surface area contributed by atoms with Crippen LogP contribution in [0.2, 0.25) is 0 Å². The molecule has 3 heteroatoms. The van der Waals surface area contributed by atoms with Crippen LogP contribution in [-0.4, -0.2) is 17.6 Å². The van der Waals surface area contributed by atoms with Crippen LogP contribution < -0.4 is 5.32 Å². The zero-order chi connectivity index (χ0) is 12.5. The van der Waals surface area contributed by atoms with Gasteiger partial charge in [-0.1, -0.05) is 30.4 Å². The van der Waals surface area contributed by atoms with Crippen LogP contribution in [0.1, 0.15) is 25.3 Å². The van der Waals surface area contributed by atoms with Gasteiger partial charge in [-0.2, -0.15) is 0 Å². The molecule has 1 aromatic rings. The van der Waals surface area contributed by atoms with Gasteiger partial charge >= 0.3 is 0 Å². The van der Waals surface area contributed by atoms with Crippen molar-refractivity contribution in [1.29, 1.82) is 0 Å². The van der Waals surface area contributed by atoms with Crippen molar-refractivity contribution in [3.63, 3.8) is 0 Å². The van der Waals surface area contributed by atoms with E-state index in [1.54, 1.807) is 12.1 Å². The average molecular weight is 233 g/mol. The van der Waals surface area contributed by atoms with Crippen molar-refractivity contribution in [2.24, 2.45) is 0 Å². The average Bonchev–Trinajstić information content (AvgIpc) is 2.34. The second-order valence-electron chi connectivity index (χ2n) is 3.84. The van der Waals surface area contributed by atoms with Crippen molar-refractivity contribution >= 4 is 5.91 Å². The molecule has 0 aliphatic rings. The van der Waals surface area contributed by atoms with E-state index in [0.717, 1.165) is 12.0 Å². The fourth-order valence-corrected chi connectivity index (χ4v) is 1.52. The molecule has 1 aromatic carbocycles. The minimum Gasteiger partial charge on any atom is -0.508 e. The third kappa shape index (κ3) is 5.20. The second kappa shape index (κ2) is 7.49. The molecule has 0 unspecified atom stereocenters. The fraction of sp³-hybridized carbons (Fsp3) is 0.357. The van der Waals surface area contributed by atoms with E-state index in [4.69, 9.17) is 0 Å². The summed E-state index contributed by atoms with van der Waals surface area (Å²) in [5.41, 5.74) is 0.816. The van der Waals surface area contributed by atoms with Gasteiger partial charge in [-0.25, -0.2) is 0 Å². The molecular formula is C14H19NO2. The van der Waals surface area contributed by atoms with Crippen LogP contribution >= 0.6 is 0 Å². The van der Waals surface area contributed by atoms with Gasteiger partial charge in [0.05, 0.1) is 0 Å². The van der Waals surface area contributed by atoms with Crippen LogP contribution in [0.5, 0.6) is 5.75 Å². The van der Waals surface area contributed by atoms with Crippen LogP contribution in [-0.2, 0) is 11.2 Å². The van der Waals surface area contributed by atoms with E-state index in [9.17, 15) is 9.90 Å². The number of allylic oxidation sites excluding steroid dienone is 1. The highest BCUT2D eigenvalue weighted by Crippen LogP contribution is 2.16. The summed E-state index contributed by atoms with van der Waals surface area (Å²) in [4.78, 5) is 11.5. The summed E-state index contributed by atoms with van der Waals surface area (Å²) in [7, 11) is 0. The predicted octanol–water partition coefficient (Wildman–Crippen LogP) is 2.41. The molecule has 0 saturated carbocycles. The van der Waals surface area contributed by atoms with Gasteiger partial charge in [-0.15, -0.1) is 0 Å². The lowest BCUT2D eigenvalue weighted by molar-refractivity contribution is -0.121. The highest BCUT2D eigenvalue weighted by molar-refractivity contribution is 5.76. The topological polar surface area (TPSA) is 49.3 Å². The number of nitrogens with one attached hydrogen (secondary N) is 1. The number of amides is 1. The zero-order valence-corrected chi connectivity index (χ0v) is 10.1. The number of carbonyl (C=O) groups excluding carboxylic acids is 1. The molecule has 0 heterocycles. The van der Waals surface area contributed by atoms with Gasteiger partial charge < -0.3 is 10.4 Å². The molecule has 1 amide bonds. The Morgan fingerprint density at radius 1 is 1.41 bits per heavy atom. The number of aryl methyl sites for hydroxylation is 1. The van der Waals surface area contributed by atoms with Crippen LogP contribution in [0.15, 0.2) is 36.4 Å². The maximum Gasteiger partial charge on any atom is 0.220 e. The first kappa shape index (κ1) is 13.3. The maximum atomic E-state index is 11.5. The van der Waals surface area contributed by atoms with Gasteiger partial charge in [0, 0.05) is 13.0 Å². The Balaban J connectivity index is 2.26. The second-order valence-corrected chi connectivity index (χ2v) is 3.84. The van der Waals surface area contributed by atoms with Crippen LogP contribution in [0.25, 0.3) is 0 Å². The van der Waals surface area contributed by atoms with Crippen molar-refractivity contribution in [3.05, 3.63) is 42.0 Å². The number of hydrogen-bond acceptors (Lipinski definition) is 2. The third-order valence-corrected chi connectivity index (χ3v) is 2.48. The lowest BCUT2D eigenvalue weighted by atomic mass is 10.1. The summed E-state index contributed by atoms with van der Waals surface area (Å²) in [6.07, 6.45) is 5.83. The highest BCUT2D eigenvalue weighted by Gasteiger charge is 2.04. The summed E-state index contributed by atoms with van der Waals surface area (Å²) in [5.74, 6) is 0.284. The molecule has 0 aromatic heterocycles. The van der Waals surface area contributed by atoms with Gasteiger partial charge in [-0.3, -0.25) is 4.79 Å². The summed E-state index contributed by atoms with van der Waals surface area (Å²) < 4.78 is 0. The Bertz CT molecular complexity index is 386. The van der Waals surface area contributed by atoms with E-state index in [2.05, 4.69) is 5.32 Å². The van der Waals surface area contributed by atoms with Crippen molar-refractivity contribution in [2.45, 2.75) is 26.2 Å². The molecule has 0 radical (unpaired) electrons. The van der Waals surface area contributed by atoms with E-state index in [-0.39, 0.29) is 11.7 Å². The first-order valence-electron chi connectivity index (χ1n) is 5.88. The number of rotatable bonds is 6. The Morgan fingerprint density at radius 3 is 2.88 bits per heavy atom. The van der Waals surface area contributed by atoms with Crippen molar-refractivity contribution in [3.8, 4) is 5.75 Å². The minimum absolute atomic E-state index is 0.0257. The minimum atomic E-state index is 0.0257. The number of benzene rings is 1. The zero-order valence-electron chi connectivity index (χ0n) is 10.1. The molecule has 3 nitrogen and oxygen atoms in total. The molecule has 17 heavy (non-hydrogen) atoms. The molecular weight excluding hydrogens is 214 g/mol. The number of para-hydroxylation sites is 1. The van der Waals surface area contributed by atoms with Crippen molar-refractivity contribution in [2.75, 3.05) is 6.54 Å². The summed E-state index contributed by atoms with van der Waals surface area (Å²) in [5, 5.41) is 12.4. The molecule has 92 valence electrons. The lowest BCUT2D eigenvalue weighted by Crippen LogP contribution is -2.24. The van der Waals surface area contributed by atoms with Crippen LogP contribution in [0, 0.1) is 0 Å². The number of phenolic OH excluding ortho intramolecular Hbond substituents is 1. The normalized spacial score (nSPS) is 10.6. The lowest BCUT2D eigenvalue weighted by Gasteiger charge is -2.05. The monoisotopic (exact) mass is 233 g/mol. The largest absolute Gasteiger partial charge is 0.508 e. The highest BCUT2D eigenvalue weighted by atomic mass is 16.3. The molecule has 0 saturated heterocycles. The van der Waals surface area contributed by atoms with E-state index in [1.165, 1.54) is 0 Å². The molecule has 0 spiro atoms. The smallest absolute Gasteiger partial charge is 0.220 e. The maximum absolute atomic E-state index is 11.5. The van der Waals surface area contributed by atoms with Crippen LogP contribution in [0.3, 0.4) is 0 Å². The quantitative estimate of drug-likeness (QED) is 0.585. The third-order valence-electron chi connectivity index (χ3n) is 2.48. The van der Waals surface area contributed by atoms with Gasteiger partial charge in [-0.05, 0) is 31.4 Å². The van der Waals surface area contributed by atoms with Gasteiger partial charge in [0.2, 0.25) is 5.91 Å². The van der Waals surface area contributed by atoms with Gasteiger partial charge in [0.25, 0.3) is 0 Å². The van der Waals surface area contributed by atoms with E-state index >= 15 is 0 Å². The Hall–Kier alpha value is -1.77. The first-order valence-corrected chi connectivity index (χ1v) is 5.88. The Kier molecular flexibility index (Phi) is 5.86. The van der Waals surface area contributed by atoms with E-state index < -0.39 is 0 Å². The molecule has 0 atom stereocenters. The predicted molar refractivity (Wildman–Crippen MR) is 68.9 cm³/mol. The SMILES string of the molecule is C/C=C/CCNC(=O)CCc1ccccc1O. The molecule has 0 aliphatic carbocycles. The number of carbonyl (C=O) groups is 1. The molecule has 0 fully saturated rings. The van der Waals surface area contributed by atoms with Crippen molar-refractivity contribution < 1.29 is 9.90 Å². The Morgan fingerprint density at radius 2 is 2.18 bits per heavy atom. The molecule has 2 N–H and O–H groups in total. The fourth-order valence-electron chi connectivity index (χ4n) is 1.52. The summed E-state index contributed by atoms with van der Waals surface area (Å²) >= 11 is 0. The number of aromatic hydroxyl groups is 1.